The topological polar surface area (TPSA) is 52.0 Å². The minimum Gasteiger partial charge on any atom is -0.329 e. The van der Waals surface area contributed by atoms with E-state index in [1.165, 1.54) is 5.57 Å². The highest BCUT2D eigenvalue weighted by Crippen LogP contribution is 2.39. The van der Waals surface area contributed by atoms with Crippen molar-refractivity contribution in [1.29, 1.82) is 0 Å². The molecule has 2 atom stereocenters. The highest BCUT2D eigenvalue weighted by Gasteiger charge is 2.40. The van der Waals surface area contributed by atoms with E-state index in [4.69, 9.17) is 11.5 Å². The Hall–Kier alpha value is 0.390. The fourth-order valence-corrected chi connectivity index (χ4v) is 1.91. The number of hydrogen-bond donors (Lipinski definition) is 2. The van der Waals surface area contributed by atoms with Gasteiger partial charge >= 0.3 is 0 Å². The zero-order chi connectivity index (χ0) is 7.78. The van der Waals surface area contributed by atoms with Gasteiger partial charge in [0, 0.05) is 12.6 Å². The van der Waals surface area contributed by atoms with Crippen LogP contribution in [0, 0.1) is 0 Å². The molecule has 0 bridgehead atoms. The summed E-state index contributed by atoms with van der Waals surface area (Å²) in [4.78, 5) is 0. The van der Waals surface area contributed by atoms with Crippen molar-refractivity contribution in [3.8, 4) is 0 Å². The van der Waals surface area contributed by atoms with E-state index in [1.54, 1.807) is 0 Å². The highest BCUT2D eigenvalue weighted by atomic mass is 127. The van der Waals surface area contributed by atoms with Crippen molar-refractivity contribution in [2.45, 2.75) is 22.3 Å². The average molecular weight is 252 g/mol. The summed E-state index contributed by atoms with van der Waals surface area (Å²) in [6, 6.07) is 0.214. The van der Waals surface area contributed by atoms with Crippen LogP contribution in [0.2, 0.25) is 0 Å². The number of hydrogen-bond acceptors (Lipinski definition) is 2. The van der Waals surface area contributed by atoms with E-state index in [9.17, 15) is 0 Å². The van der Waals surface area contributed by atoms with Crippen molar-refractivity contribution >= 4 is 22.6 Å². The third-order valence-corrected chi connectivity index (χ3v) is 4.23. The zero-order valence-electron chi connectivity index (χ0n) is 5.94. The van der Waals surface area contributed by atoms with Crippen molar-refractivity contribution in [2.24, 2.45) is 11.5 Å². The molecule has 10 heavy (non-hydrogen) atoms. The van der Waals surface area contributed by atoms with Gasteiger partial charge in [0.1, 0.15) is 0 Å². The van der Waals surface area contributed by atoms with Crippen LogP contribution < -0.4 is 11.5 Å². The zero-order valence-corrected chi connectivity index (χ0v) is 8.10. The van der Waals surface area contributed by atoms with Gasteiger partial charge in [-0.05, 0) is 12.8 Å². The van der Waals surface area contributed by atoms with Crippen LogP contribution in [0.5, 0.6) is 0 Å². The first-order valence-corrected chi connectivity index (χ1v) is 4.52. The van der Waals surface area contributed by atoms with Crippen LogP contribution in [0.3, 0.4) is 0 Å². The van der Waals surface area contributed by atoms with Crippen LogP contribution in [0.4, 0.5) is 0 Å². The molecule has 0 aromatic rings. The number of nitrogens with two attached hydrogens (primary N) is 2. The number of rotatable bonds is 1. The predicted molar refractivity (Wildman–Crippen MR) is 52.2 cm³/mol. The van der Waals surface area contributed by atoms with Gasteiger partial charge in [-0.3, -0.25) is 0 Å². The van der Waals surface area contributed by atoms with E-state index in [-0.39, 0.29) is 9.46 Å². The lowest BCUT2D eigenvalue weighted by Crippen LogP contribution is -2.44. The SMILES string of the molecule is C=C1CCC(N)C1(I)CN. The second-order valence-electron chi connectivity index (χ2n) is 2.82. The Morgan fingerprint density at radius 3 is 2.60 bits per heavy atom. The first-order chi connectivity index (χ1) is 4.61. The third-order valence-electron chi connectivity index (χ3n) is 2.23. The molecular weight excluding hydrogens is 239 g/mol. The quantitative estimate of drug-likeness (QED) is 0.412. The van der Waals surface area contributed by atoms with E-state index < -0.39 is 0 Å². The number of halogens is 1. The average Bonchev–Trinajstić information content (AvgIpc) is 2.18. The molecular formula is C7H13IN2. The van der Waals surface area contributed by atoms with Gasteiger partial charge in [0.2, 0.25) is 0 Å². The van der Waals surface area contributed by atoms with Gasteiger partial charge in [-0.25, -0.2) is 0 Å². The Morgan fingerprint density at radius 2 is 2.40 bits per heavy atom. The maximum absolute atomic E-state index is 5.87. The second kappa shape index (κ2) is 2.79. The molecule has 1 aliphatic rings. The van der Waals surface area contributed by atoms with E-state index in [0.29, 0.717) is 6.54 Å². The first-order valence-electron chi connectivity index (χ1n) is 3.44. The van der Waals surface area contributed by atoms with Crippen LogP contribution in [0.15, 0.2) is 12.2 Å². The van der Waals surface area contributed by atoms with Crippen molar-refractivity contribution in [1.82, 2.24) is 0 Å². The molecule has 0 aliphatic heterocycles. The molecule has 4 N–H and O–H groups in total. The van der Waals surface area contributed by atoms with Crippen LogP contribution in [0.1, 0.15) is 12.8 Å². The standard InChI is InChI=1S/C7H13IN2/c1-5-2-3-6(10)7(5,8)4-9/h6H,1-4,9-10H2. The van der Waals surface area contributed by atoms with Crippen molar-refractivity contribution < 1.29 is 0 Å². The summed E-state index contributed by atoms with van der Waals surface area (Å²) >= 11 is 2.33. The molecule has 1 rings (SSSR count). The lowest BCUT2D eigenvalue weighted by atomic mass is 10.0. The van der Waals surface area contributed by atoms with Crippen LogP contribution in [-0.2, 0) is 0 Å². The molecule has 1 saturated carbocycles. The molecule has 58 valence electrons. The first kappa shape index (κ1) is 8.49. The summed E-state index contributed by atoms with van der Waals surface area (Å²) < 4.78 is -0.0161. The summed E-state index contributed by atoms with van der Waals surface area (Å²) in [5, 5.41) is 0. The smallest absolute Gasteiger partial charge is 0.0700 e. The lowest BCUT2D eigenvalue weighted by molar-refractivity contribution is 0.605. The third kappa shape index (κ3) is 1.10. The van der Waals surface area contributed by atoms with Crippen LogP contribution in [0.25, 0.3) is 0 Å². The van der Waals surface area contributed by atoms with E-state index in [1.807, 2.05) is 0 Å². The van der Waals surface area contributed by atoms with Crippen molar-refractivity contribution in [2.75, 3.05) is 6.54 Å². The molecule has 0 spiro atoms. The minimum atomic E-state index is -0.0161. The molecule has 0 aromatic heterocycles. The molecule has 1 fully saturated rings. The van der Waals surface area contributed by atoms with Gasteiger partial charge in [-0.1, -0.05) is 34.7 Å². The van der Waals surface area contributed by atoms with Gasteiger partial charge < -0.3 is 11.5 Å². The Morgan fingerprint density at radius 1 is 1.80 bits per heavy atom. The minimum absolute atomic E-state index is 0.0161. The molecule has 0 radical (unpaired) electrons. The van der Waals surface area contributed by atoms with Gasteiger partial charge in [0.15, 0.2) is 0 Å². The molecule has 0 aromatic carbocycles. The molecule has 2 unspecified atom stereocenters. The Labute approximate surface area is 75.2 Å². The van der Waals surface area contributed by atoms with Crippen LogP contribution >= 0.6 is 22.6 Å². The monoisotopic (exact) mass is 252 g/mol. The maximum atomic E-state index is 5.87. The van der Waals surface area contributed by atoms with Gasteiger partial charge in [0.25, 0.3) is 0 Å². The Bertz CT molecular complexity index is 158. The summed E-state index contributed by atoms with van der Waals surface area (Å²) in [7, 11) is 0. The van der Waals surface area contributed by atoms with Gasteiger partial charge in [-0.15, -0.1) is 0 Å². The fourth-order valence-electron chi connectivity index (χ4n) is 1.32. The molecule has 0 amide bonds. The van der Waals surface area contributed by atoms with E-state index in [2.05, 4.69) is 29.2 Å². The van der Waals surface area contributed by atoms with Gasteiger partial charge in [0.05, 0.1) is 3.42 Å². The summed E-state index contributed by atoms with van der Waals surface area (Å²) in [5.74, 6) is 0. The number of alkyl halides is 1. The molecule has 0 saturated heterocycles. The molecule has 2 nitrogen and oxygen atoms in total. The Balaban J connectivity index is 2.80. The molecule has 0 heterocycles. The van der Waals surface area contributed by atoms with Crippen molar-refractivity contribution in [3.05, 3.63) is 12.2 Å². The maximum Gasteiger partial charge on any atom is 0.0700 e. The fraction of sp³-hybridized carbons (Fsp3) is 0.714. The Kier molecular flexibility index (Phi) is 2.37. The summed E-state index contributed by atoms with van der Waals surface area (Å²) in [5.41, 5.74) is 12.7. The highest BCUT2D eigenvalue weighted by molar-refractivity contribution is 14.1. The normalized spacial score (nSPS) is 40.7. The predicted octanol–water partition coefficient (Wildman–Crippen LogP) is 0.796. The van der Waals surface area contributed by atoms with Crippen LogP contribution in [-0.4, -0.2) is 16.0 Å². The summed E-state index contributed by atoms with van der Waals surface area (Å²) in [6.45, 7) is 4.58. The summed E-state index contributed by atoms with van der Waals surface area (Å²) in [6.07, 6.45) is 2.08. The van der Waals surface area contributed by atoms with Gasteiger partial charge in [-0.2, -0.15) is 0 Å². The van der Waals surface area contributed by atoms with E-state index in [0.717, 1.165) is 12.8 Å². The van der Waals surface area contributed by atoms with E-state index >= 15 is 0 Å². The second-order valence-corrected chi connectivity index (χ2v) is 4.74. The molecule has 1 aliphatic carbocycles. The molecule has 3 heteroatoms. The largest absolute Gasteiger partial charge is 0.329 e. The lowest BCUT2D eigenvalue weighted by Gasteiger charge is -2.25. The van der Waals surface area contributed by atoms with Crippen molar-refractivity contribution in [3.63, 3.8) is 0 Å².